The molecule has 2 nitrogen and oxygen atoms in total. The van der Waals surface area contributed by atoms with Crippen molar-refractivity contribution in [2.75, 3.05) is 19.0 Å². The number of benzene rings is 1. The van der Waals surface area contributed by atoms with Crippen LogP contribution in [0.5, 0.6) is 0 Å². The number of ether oxygens (including phenoxy) is 1. The van der Waals surface area contributed by atoms with Gasteiger partial charge in [-0.05, 0) is 6.92 Å². The summed E-state index contributed by atoms with van der Waals surface area (Å²) in [7, 11) is 1.53. The van der Waals surface area contributed by atoms with E-state index in [9.17, 15) is 13.2 Å². The molecule has 0 fully saturated rings. The molecule has 0 aliphatic heterocycles. The number of methoxy groups -OCH3 is 1. The second-order valence-corrected chi connectivity index (χ2v) is 3.18. The fourth-order valence-corrected chi connectivity index (χ4v) is 1.00. The lowest BCUT2D eigenvalue weighted by atomic mass is 10.2. The largest absolute Gasteiger partial charge is 0.382 e. The predicted octanol–water partition coefficient (Wildman–Crippen LogP) is 2.55. The van der Waals surface area contributed by atoms with Crippen molar-refractivity contribution in [1.29, 1.82) is 0 Å². The van der Waals surface area contributed by atoms with Gasteiger partial charge in [0.25, 0.3) is 0 Å². The average molecular weight is 219 g/mol. The molecule has 5 heteroatoms. The van der Waals surface area contributed by atoms with Gasteiger partial charge in [-0.2, -0.15) is 0 Å². The summed E-state index contributed by atoms with van der Waals surface area (Å²) in [5.41, 5.74) is 0.190. The molecular formula is C10H12F3NO. The Labute approximate surface area is 86.1 Å². The molecule has 84 valence electrons. The zero-order valence-electron chi connectivity index (χ0n) is 8.48. The molecule has 0 saturated carbocycles. The van der Waals surface area contributed by atoms with E-state index in [0.29, 0.717) is 6.54 Å². The molecule has 0 aliphatic carbocycles. The number of halogens is 3. The van der Waals surface area contributed by atoms with Crippen molar-refractivity contribution in [3.8, 4) is 0 Å². The summed E-state index contributed by atoms with van der Waals surface area (Å²) in [5, 5.41) is 2.73. The van der Waals surface area contributed by atoms with E-state index >= 15 is 0 Å². The van der Waals surface area contributed by atoms with Crippen LogP contribution in [0.1, 0.15) is 6.92 Å². The molecule has 0 saturated heterocycles. The van der Waals surface area contributed by atoms with Crippen LogP contribution in [0, 0.1) is 17.5 Å². The van der Waals surface area contributed by atoms with Gasteiger partial charge in [-0.15, -0.1) is 0 Å². The smallest absolute Gasteiger partial charge is 0.194 e. The monoisotopic (exact) mass is 219 g/mol. The minimum atomic E-state index is -1.46. The standard InChI is InChI=1S/C10H12F3NO/c1-6(15-2)5-14-7-3-8(11)10(13)9(12)4-7/h3-4,6,14H,5H2,1-2H3. The van der Waals surface area contributed by atoms with Gasteiger partial charge in [-0.1, -0.05) is 0 Å². The SMILES string of the molecule is COC(C)CNc1cc(F)c(F)c(F)c1. The van der Waals surface area contributed by atoms with Gasteiger partial charge in [0.1, 0.15) is 0 Å². The first-order chi connectivity index (χ1) is 7.04. The Kier molecular flexibility index (Phi) is 3.96. The highest BCUT2D eigenvalue weighted by atomic mass is 19.2. The summed E-state index contributed by atoms with van der Waals surface area (Å²) >= 11 is 0. The Hall–Kier alpha value is -1.23. The van der Waals surface area contributed by atoms with Crippen molar-refractivity contribution in [3.63, 3.8) is 0 Å². The highest BCUT2D eigenvalue weighted by molar-refractivity contribution is 5.44. The van der Waals surface area contributed by atoms with E-state index in [-0.39, 0.29) is 11.8 Å². The van der Waals surface area contributed by atoms with Crippen molar-refractivity contribution in [2.24, 2.45) is 0 Å². The molecule has 0 aliphatic rings. The summed E-state index contributed by atoms with van der Waals surface area (Å²) in [5.74, 6) is -3.87. The van der Waals surface area contributed by atoms with E-state index in [1.807, 2.05) is 0 Å². The second-order valence-electron chi connectivity index (χ2n) is 3.18. The van der Waals surface area contributed by atoms with E-state index in [2.05, 4.69) is 5.32 Å². The molecule has 1 N–H and O–H groups in total. The average Bonchev–Trinajstić information content (AvgIpc) is 2.22. The van der Waals surface area contributed by atoms with Gasteiger partial charge in [-0.3, -0.25) is 0 Å². The van der Waals surface area contributed by atoms with E-state index in [1.54, 1.807) is 6.92 Å². The first kappa shape index (κ1) is 11.8. The molecule has 1 unspecified atom stereocenters. The van der Waals surface area contributed by atoms with Crippen molar-refractivity contribution < 1.29 is 17.9 Å². The third kappa shape index (κ3) is 3.13. The van der Waals surface area contributed by atoms with E-state index < -0.39 is 17.5 Å². The molecule has 0 bridgehead atoms. The lowest BCUT2D eigenvalue weighted by molar-refractivity contribution is 0.129. The first-order valence-corrected chi connectivity index (χ1v) is 4.45. The van der Waals surface area contributed by atoms with Crippen LogP contribution in [-0.4, -0.2) is 19.8 Å². The lowest BCUT2D eigenvalue weighted by Crippen LogP contribution is -2.18. The molecule has 1 rings (SSSR count). The van der Waals surface area contributed by atoms with Crippen LogP contribution >= 0.6 is 0 Å². The summed E-state index contributed by atoms with van der Waals surface area (Å²) < 4.78 is 43.0. The van der Waals surface area contributed by atoms with Gasteiger partial charge in [0.2, 0.25) is 0 Å². The number of rotatable bonds is 4. The quantitative estimate of drug-likeness (QED) is 0.786. The van der Waals surface area contributed by atoms with Crippen LogP contribution in [0.25, 0.3) is 0 Å². The number of hydrogen-bond acceptors (Lipinski definition) is 2. The highest BCUT2D eigenvalue weighted by Crippen LogP contribution is 2.17. The van der Waals surface area contributed by atoms with E-state index in [4.69, 9.17) is 4.74 Å². The second kappa shape index (κ2) is 5.02. The minimum absolute atomic E-state index is 0.0961. The molecule has 0 aromatic heterocycles. The Bertz CT molecular complexity index is 320. The number of nitrogens with one attached hydrogen (secondary N) is 1. The van der Waals surface area contributed by atoms with Crippen LogP contribution in [0.3, 0.4) is 0 Å². The maximum atomic E-state index is 12.8. The lowest BCUT2D eigenvalue weighted by Gasteiger charge is -2.12. The fourth-order valence-electron chi connectivity index (χ4n) is 1.00. The number of anilines is 1. The third-order valence-electron chi connectivity index (χ3n) is 1.98. The third-order valence-corrected chi connectivity index (χ3v) is 1.98. The molecule has 15 heavy (non-hydrogen) atoms. The van der Waals surface area contributed by atoms with Gasteiger partial charge in [0.15, 0.2) is 17.5 Å². The molecule has 1 aromatic rings. The Morgan fingerprint density at radius 2 is 1.80 bits per heavy atom. The van der Waals surface area contributed by atoms with Crippen molar-refractivity contribution in [2.45, 2.75) is 13.0 Å². The van der Waals surface area contributed by atoms with Crippen LogP contribution in [0.15, 0.2) is 12.1 Å². The zero-order valence-corrected chi connectivity index (χ0v) is 8.48. The molecule has 0 radical (unpaired) electrons. The van der Waals surface area contributed by atoms with Gasteiger partial charge in [0, 0.05) is 31.5 Å². The molecule has 1 aromatic carbocycles. The minimum Gasteiger partial charge on any atom is -0.382 e. The summed E-state index contributed by atoms with van der Waals surface area (Å²) in [6, 6.07) is 1.81. The summed E-state index contributed by atoms with van der Waals surface area (Å²) in [4.78, 5) is 0. The van der Waals surface area contributed by atoms with Crippen LogP contribution in [-0.2, 0) is 4.74 Å². The first-order valence-electron chi connectivity index (χ1n) is 4.45. The maximum Gasteiger partial charge on any atom is 0.194 e. The maximum absolute atomic E-state index is 12.8. The highest BCUT2D eigenvalue weighted by Gasteiger charge is 2.10. The van der Waals surface area contributed by atoms with Crippen LogP contribution < -0.4 is 5.32 Å². The predicted molar refractivity (Wildman–Crippen MR) is 51.3 cm³/mol. The topological polar surface area (TPSA) is 21.3 Å². The van der Waals surface area contributed by atoms with E-state index in [1.165, 1.54) is 7.11 Å². The normalized spacial score (nSPS) is 12.6. The Balaban J connectivity index is 2.70. The van der Waals surface area contributed by atoms with Gasteiger partial charge in [0.05, 0.1) is 6.10 Å². The summed E-state index contributed by atoms with van der Waals surface area (Å²) in [6.07, 6.45) is -0.0961. The number of hydrogen-bond donors (Lipinski definition) is 1. The molecule has 1 atom stereocenters. The Morgan fingerprint density at radius 1 is 1.27 bits per heavy atom. The molecular weight excluding hydrogens is 207 g/mol. The van der Waals surface area contributed by atoms with Crippen LogP contribution in [0.2, 0.25) is 0 Å². The van der Waals surface area contributed by atoms with Crippen molar-refractivity contribution in [3.05, 3.63) is 29.6 Å². The van der Waals surface area contributed by atoms with E-state index in [0.717, 1.165) is 12.1 Å². The Morgan fingerprint density at radius 3 is 2.27 bits per heavy atom. The van der Waals surface area contributed by atoms with Crippen LogP contribution in [0.4, 0.5) is 18.9 Å². The van der Waals surface area contributed by atoms with Crippen molar-refractivity contribution >= 4 is 5.69 Å². The zero-order chi connectivity index (χ0) is 11.4. The molecule has 0 spiro atoms. The van der Waals surface area contributed by atoms with Gasteiger partial charge >= 0.3 is 0 Å². The summed E-state index contributed by atoms with van der Waals surface area (Å²) in [6.45, 7) is 2.18. The van der Waals surface area contributed by atoms with Gasteiger partial charge in [-0.25, -0.2) is 13.2 Å². The molecule has 0 amide bonds. The fraction of sp³-hybridized carbons (Fsp3) is 0.400. The molecule has 0 heterocycles. The van der Waals surface area contributed by atoms with Gasteiger partial charge < -0.3 is 10.1 Å². The van der Waals surface area contributed by atoms with Crippen molar-refractivity contribution in [1.82, 2.24) is 0 Å².